The zero-order valence-corrected chi connectivity index (χ0v) is 11.9. The molecule has 12 nitrogen and oxygen atoms in total. The van der Waals surface area contributed by atoms with Gasteiger partial charge < -0.3 is 37.0 Å². The maximum absolute atomic E-state index is 11.8. The van der Waals surface area contributed by atoms with Crippen molar-refractivity contribution in [3.63, 3.8) is 0 Å². The molecule has 2 atom stereocenters. The number of aliphatic hydroxyl groups excluding tert-OH is 1. The molecule has 0 aromatic heterocycles. The molecule has 0 radical (unpaired) electrons. The van der Waals surface area contributed by atoms with Crippen molar-refractivity contribution in [2.45, 2.75) is 18.5 Å². The van der Waals surface area contributed by atoms with Crippen LogP contribution < -0.4 is 21.7 Å². The number of carbonyl (C=O) groups excluding carboxylic acids is 3. The van der Waals surface area contributed by atoms with Crippen LogP contribution in [-0.4, -0.2) is 76.8 Å². The lowest BCUT2D eigenvalue weighted by Crippen LogP contribution is -2.54. The Balaban J connectivity index is 4.76. The summed E-state index contributed by atoms with van der Waals surface area (Å²) in [4.78, 5) is 55.7. The van der Waals surface area contributed by atoms with Crippen molar-refractivity contribution in [3.05, 3.63) is 0 Å². The summed E-state index contributed by atoms with van der Waals surface area (Å²) in [5.74, 6) is -5.56. The second kappa shape index (κ2) is 10.1. The first-order chi connectivity index (χ1) is 10.7. The van der Waals surface area contributed by atoms with Crippen LogP contribution in [0, 0.1) is 0 Å². The molecule has 130 valence electrons. The third-order valence-electron chi connectivity index (χ3n) is 2.46. The maximum atomic E-state index is 11.8. The Morgan fingerprint density at radius 3 is 2.00 bits per heavy atom. The minimum absolute atomic E-state index is 0.358. The average Bonchev–Trinajstić information content (AvgIpc) is 2.48. The Morgan fingerprint density at radius 1 is 0.957 bits per heavy atom. The molecule has 0 aliphatic heterocycles. The first kappa shape index (κ1) is 20.3. The van der Waals surface area contributed by atoms with Gasteiger partial charge in [-0.3, -0.25) is 19.2 Å². The van der Waals surface area contributed by atoms with Gasteiger partial charge in [0.2, 0.25) is 17.7 Å². The quantitative estimate of drug-likeness (QED) is 0.205. The lowest BCUT2D eigenvalue weighted by atomic mass is 10.1. The summed E-state index contributed by atoms with van der Waals surface area (Å²) in [5.41, 5.74) is 5.01. The van der Waals surface area contributed by atoms with Crippen LogP contribution in [0.25, 0.3) is 0 Å². The Morgan fingerprint density at radius 2 is 1.57 bits per heavy atom. The molecule has 0 saturated carbocycles. The van der Waals surface area contributed by atoms with Crippen LogP contribution in [0.3, 0.4) is 0 Å². The highest BCUT2D eigenvalue weighted by atomic mass is 16.4. The van der Waals surface area contributed by atoms with Crippen molar-refractivity contribution >= 4 is 29.7 Å². The molecular formula is C11H18N4O8. The molecule has 0 rings (SSSR count). The SMILES string of the molecule is NCC(=O)NCC(=O)NC(CC(=O)O)C(=O)NC(CO)C(=O)O. The van der Waals surface area contributed by atoms with Crippen molar-refractivity contribution < 1.29 is 39.3 Å². The molecule has 0 bridgehead atoms. The van der Waals surface area contributed by atoms with E-state index < -0.39 is 61.3 Å². The van der Waals surface area contributed by atoms with Crippen LogP contribution in [0.4, 0.5) is 0 Å². The van der Waals surface area contributed by atoms with E-state index in [4.69, 9.17) is 21.1 Å². The summed E-state index contributed by atoms with van der Waals surface area (Å²) in [7, 11) is 0. The molecule has 0 aromatic carbocycles. The average molecular weight is 334 g/mol. The van der Waals surface area contributed by atoms with E-state index in [0.29, 0.717) is 0 Å². The van der Waals surface area contributed by atoms with E-state index >= 15 is 0 Å². The number of hydrogen-bond acceptors (Lipinski definition) is 7. The smallest absolute Gasteiger partial charge is 0.328 e. The van der Waals surface area contributed by atoms with E-state index in [1.165, 1.54) is 0 Å². The molecule has 0 aliphatic rings. The van der Waals surface area contributed by atoms with Crippen LogP contribution in [0.5, 0.6) is 0 Å². The molecule has 0 aliphatic carbocycles. The highest BCUT2D eigenvalue weighted by Crippen LogP contribution is 1.95. The summed E-state index contributed by atoms with van der Waals surface area (Å²) in [6, 6.07) is -3.23. The van der Waals surface area contributed by atoms with Gasteiger partial charge in [-0.15, -0.1) is 0 Å². The minimum Gasteiger partial charge on any atom is -0.481 e. The van der Waals surface area contributed by atoms with E-state index in [-0.39, 0.29) is 6.54 Å². The lowest BCUT2D eigenvalue weighted by Gasteiger charge is -2.19. The fourth-order valence-electron chi connectivity index (χ4n) is 1.34. The molecule has 23 heavy (non-hydrogen) atoms. The number of hydrogen-bond donors (Lipinski definition) is 7. The fourth-order valence-corrected chi connectivity index (χ4v) is 1.34. The monoisotopic (exact) mass is 334 g/mol. The fraction of sp³-hybridized carbons (Fsp3) is 0.545. The number of aliphatic hydroxyl groups is 1. The summed E-state index contributed by atoms with van der Waals surface area (Å²) in [6.07, 6.45) is -0.819. The van der Waals surface area contributed by atoms with Crippen molar-refractivity contribution in [1.82, 2.24) is 16.0 Å². The van der Waals surface area contributed by atoms with Crippen LogP contribution in [-0.2, 0) is 24.0 Å². The van der Waals surface area contributed by atoms with Crippen molar-refractivity contribution in [3.8, 4) is 0 Å². The zero-order chi connectivity index (χ0) is 18.0. The highest BCUT2D eigenvalue weighted by molar-refractivity contribution is 5.94. The van der Waals surface area contributed by atoms with Gasteiger partial charge in [0.05, 0.1) is 26.1 Å². The van der Waals surface area contributed by atoms with Crippen molar-refractivity contribution in [2.75, 3.05) is 19.7 Å². The standard InChI is InChI=1S/C11H18N4O8/c12-2-7(17)13-3-8(18)14-5(1-9(19)20)10(21)15-6(4-16)11(22)23/h5-6,16H,1-4,12H2,(H,13,17)(H,14,18)(H,15,21)(H,19,20)(H,22,23). The number of amides is 3. The Kier molecular flexibility index (Phi) is 8.88. The van der Waals surface area contributed by atoms with Crippen LogP contribution >= 0.6 is 0 Å². The van der Waals surface area contributed by atoms with Gasteiger partial charge in [-0.2, -0.15) is 0 Å². The van der Waals surface area contributed by atoms with Gasteiger partial charge in [0, 0.05) is 0 Å². The molecular weight excluding hydrogens is 316 g/mol. The first-order valence-corrected chi connectivity index (χ1v) is 6.33. The highest BCUT2D eigenvalue weighted by Gasteiger charge is 2.27. The van der Waals surface area contributed by atoms with Gasteiger partial charge in [0.15, 0.2) is 0 Å². The van der Waals surface area contributed by atoms with E-state index in [2.05, 4.69) is 5.32 Å². The predicted octanol–water partition coefficient (Wildman–Crippen LogP) is -4.42. The third-order valence-corrected chi connectivity index (χ3v) is 2.46. The Bertz CT molecular complexity index is 481. The molecule has 0 spiro atoms. The molecule has 2 unspecified atom stereocenters. The summed E-state index contributed by atoms with van der Waals surface area (Å²) in [5, 5.41) is 32.3. The normalized spacial score (nSPS) is 12.6. The lowest BCUT2D eigenvalue weighted by molar-refractivity contribution is -0.144. The second-order valence-corrected chi connectivity index (χ2v) is 4.28. The Labute approximate surface area is 130 Å². The maximum Gasteiger partial charge on any atom is 0.328 e. The summed E-state index contributed by atoms with van der Waals surface area (Å²) in [6.45, 7) is -1.81. The molecule has 0 fully saturated rings. The van der Waals surface area contributed by atoms with Gasteiger partial charge in [0.25, 0.3) is 0 Å². The second-order valence-electron chi connectivity index (χ2n) is 4.28. The first-order valence-electron chi connectivity index (χ1n) is 6.33. The van der Waals surface area contributed by atoms with Crippen molar-refractivity contribution in [2.24, 2.45) is 5.73 Å². The van der Waals surface area contributed by atoms with Gasteiger partial charge in [-0.1, -0.05) is 0 Å². The van der Waals surface area contributed by atoms with Gasteiger partial charge in [0.1, 0.15) is 12.1 Å². The topological polar surface area (TPSA) is 208 Å². The van der Waals surface area contributed by atoms with E-state index in [1.54, 1.807) is 0 Å². The summed E-state index contributed by atoms with van der Waals surface area (Å²) < 4.78 is 0. The number of carboxylic acids is 2. The van der Waals surface area contributed by atoms with Gasteiger partial charge in [-0.05, 0) is 0 Å². The molecule has 3 amide bonds. The van der Waals surface area contributed by atoms with Gasteiger partial charge in [-0.25, -0.2) is 4.79 Å². The number of rotatable bonds is 10. The summed E-state index contributed by atoms with van der Waals surface area (Å²) >= 11 is 0. The number of aliphatic carboxylic acids is 2. The van der Waals surface area contributed by atoms with E-state index in [0.717, 1.165) is 0 Å². The molecule has 12 heteroatoms. The number of nitrogens with two attached hydrogens (primary N) is 1. The van der Waals surface area contributed by atoms with Crippen LogP contribution in [0.2, 0.25) is 0 Å². The van der Waals surface area contributed by atoms with E-state index in [1.807, 2.05) is 10.6 Å². The van der Waals surface area contributed by atoms with E-state index in [9.17, 15) is 24.0 Å². The Hall–Kier alpha value is -2.73. The zero-order valence-electron chi connectivity index (χ0n) is 11.9. The van der Waals surface area contributed by atoms with Crippen LogP contribution in [0.1, 0.15) is 6.42 Å². The predicted molar refractivity (Wildman–Crippen MR) is 72.9 cm³/mol. The number of carboxylic acid groups (broad SMARTS) is 2. The third kappa shape index (κ3) is 8.33. The van der Waals surface area contributed by atoms with Crippen LogP contribution in [0.15, 0.2) is 0 Å². The van der Waals surface area contributed by atoms with Crippen molar-refractivity contribution in [1.29, 1.82) is 0 Å². The van der Waals surface area contributed by atoms with Gasteiger partial charge >= 0.3 is 11.9 Å². The molecule has 0 aromatic rings. The largest absolute Gasteiger partial charge is 0.481 e. The number of nitrogens with one attached hydrogen (secondary N) is 3. The molecule has 8 N–H and O–H groups in total. The number of carbonyl (C=O) groups is 5. The minimum atomic E-state index is -1.65. The molecule has 0 heterocycles. The molecule has 0 saturated heterocycles.